The van der Waals surface area contributed by atoms with E-state index in [1.54, 1.807) is 41.8 Å². The number of halogens is 2. The number of rotatable bonds is 7. The summed E-state index contributed by atoms with van der Waals surface area (Å²) < 4.78 is 5.66. The molecule has 2 aromatic rings. The summed E-state index contributed by atoms with van der Waals surface area (Å²) in [5.41, 5.74) is 1.16. The molecule has 2 aliphatic rings. The fourth-order valence-electron chi connectivity index (χ4n) is 3.82. The highest BCUT2D eigenvalue weighted by molar-refractivity contribution is 6.30. The molecule has 1 fully saturated rings. The van der Waals surface area contributed by atoms with Gasteiger partial charge in [-0.05, 0) is 37.6 Å². The highest BCUT2D eigenvalue weighted by Gasteiger charge is 2.26. The number of amides is 1. The van der Waals surface area contributed by atoms with Gasteiger partial charge in [0.25, 0.3) is 5.91 Å². The third-order valence-electron chi connectivity index (χ3n) is 5.54. The summed E-state index contributed by atoms with van der Waals surface area (Å²) in [5, 5.41) is 0.528. The summed E-state index contributed by atoms with van der Waals surface area (Å²) in [6.07, 6.45) is 6.99. The molecule has 0 N–H and O–H groups in total. The Hall–Kier alpha value is -2.35. The smallest absolute Gasteiger partial charge is 0.261 e. The molecule has 0 aliphatic carbocycles. The fraction of sp³-hybridized carbons (Fsp3) is 0.409. The first-order chi connectivity index (χ1) is 15.2. The lowest BCUT2D eigenvalue weighted by Crippen LogP contribution is -2.47. The van der Waals surface area contributed by atoms with E-state index in [1.807, 2.05) is 6.07 Å². The summed E-state index contributed by atoms with van der Waals surface area (Å²) in [6, 6.07) is 6.89. The Balaban J connectivity index is 1.27. The van der Waals surface area contributed by atoms with Gasteiger partial charge in [0, 0.05) is 56.2 Å². The molecule has 0 bridgehead atoms. The summed E-state index contributed by atoms with van der Waals surface area (Å²) in [5.74, 6) is 1.36. The van der Waals surface area contributed by atoms with Crippen molar-refractivity contribution in [2.24, 2.45) is 0 Å². The Bertz CT molecular complexity index is 933. The van der Waals surface area contributed by atoms with Gasteiger partial charge in [-0.2, -0.15) is 0 Å². The number of allylic oxidation sites excluding steroid dienone is 1. The zero-order valence-corrected chi connectivity index (χ0v) is 18.7. The van der Waals surface area contributed by atoms with E-state index in [-0.39, 0.29) is 11.8 Å². The number of piperazine rings is 1. The molecule has 1 aromatic carbocycles. The van der Waals surface area contributed by atoms with E-state index < -0.39 is 0 Å². The van der Waals surface area contributed by atoms with Crippen molar-refractivity contribution in [3.63, 3.8) is 0 Å². The molecule has 1 saturated heterocycles. The predicted octanol–water partition coefficient (Wildman–Crippen LogP) is 3.65. The molecule has 7 nitrogen and oxygen atoms in total. The lowest BCUT2D eigenvalue weighted by molar-refractivity contribution is 0.0805. The number of unbranched alkanes of at least 4 members (excludes halogenated alkanes) is 1. The number of anilines is 1. The number of alkyl halides is 1. The van der Waals surface area contributed by atoms with Gasteiger partial charge in [-0.15, -0.1) is 11.6 Å². The Morgan fingerprint density at radius 3 is 2.52 bits per heavy atom. The Morgan fingerprint density at radius 1 is 1.03 bits per heavy atom. The first kappa shape index (κ1) is 21.9. The van der Waals surface area contributed by atoms with Gasteiger partial charge in [-0.3, -0.25) is 9.69 Å². The number of carbonyl (C=O) groups is 1. The molecule has 164 valence electrons. The van der Waals surface area contributed by atoms with Crippen molar-refractivity contribution in [1.29, 1.82) is 0 Å². The summed E-state index contributed by atoms with van der Waals surface area (Å²) in [6.45, 7) is 5.40. The van der Waals surface area contributed by atoms with Crippen LogP contribution in [0, 0.1) is 0 Å². The maximum Gasteiger partial charge on any atom is 0.261 e. The quantitative estimate of drug-likeness (QED) is 0.463. The van der Waals surface area contributed by atoms with Crippen LogP contribution in [-0.4, -0.2) is 70.8 Å². The number of nitrogens with zero attached hydrogens (tertiary/aromatic N) is 5. The highest BCUT2D eigenvalue weighted by Crippen LogP contribution is 2.29. The molecule has 1 amide bonds. The average Bonchev–Trinajstić information content (AvgIpc) is 2.93. The molecule has 0 unspecified atom stereocenters. The molecular weight excluding hydrogens is 437 g/mol. The number of hydrogen-bond donors (Lipinski definition) is 0. The Kier molecular flexibility index (Phi) is 7.27. The molecule has 0 atom stereocenters. The molecule has 31 heavy (non-hydrogen) atoms. The van der Waals surface area contributed by atoms with Gasteiger partial charge in [0.15, 0.2) is 0 Å². The van der Waals surface area contributed by atoms with Crippen LogP contribution >= 0.6 is 23.2 Å². The first-order valence-electron chi connectivity index (χ1n) is 10.4. The minimum atomic E-state index is -0.104. The molecule has 3 heterocycles. The second-order valence-corrected chi connectivity index (χ2v) is 8.25. The molecule has 2 aliphatic heterocycles. The van der Waals surface area contributed by atoms with Crippen molar-refractivity contribution in [2.75, 3.05) is 50.0 Å². The standard InChI is InChI=1S/C22H25Cl2N5O2/c23-15-18-16-31-20-14-17(24)4-5-19(20)21(30)29(18)9-2-1-8-27-10-12-28(13-11-27)22-25-6-3-7-26-22/h3-7,14,16H,1-2,8-13,15H2. The average molecular weight is 462 g/mol. The van der Waals surface area contributed by atoms with Crippen LogP contribution in [0.4, 0.5) is 5.95 Å². The van der Waals surface area contributed by atoms with E-state index in [0.29, 0.717) is 28.6 Å². The SMILES string of the molecule is O=C1c2ccc(Cl)cc2OC=C(CCl)N1CCCCN1CCN(c2ncccn2)CC1. The predicted molar refractivity (Wildman–Crippen MR) is 122 cm³/mol. The van der Waals surface area contributed by atoms with Crippen molar-refractivity contribution in [3.8, 4) is 5.75 Å². The Labute approximate surface area is 192 Å². The maximum atomic E-state index is 13.1. The summed E-state index contributed by atoms with van der Waals surface area (Å²) in [7, 11) is 0. The van der Waals surface area contributed by atoms with Gasteiger partial charge < -0.3 is 14.5 Å². The second-order valence-electron chi connectivity index (χ2n) is 7.54. The van der Waals surface area contributed by atoms with Crippen molar-refractivity contribution < 1.29 is 9.53 Å². The van der Waals surface area contributed by atoms with E-state index in [9.17, 15) is 4.79 Å². The molecule has 1 aromatic heterocycles. The molecule has 0 spiro atoms. The van der Waals surface area contributed by atoms with Gasteiger partial charge in [0.1, 0.15) is 12.0 Å². The number of fused-ring (bicyclic) bond motifs is 1. The molecule has 0 radical (unpaired) electrons. The lowest BCUT2D eigenvalue weighted by atomic mass is 10.1. The summed E-state index contributed by atoms with van der Waals surface area (Å²) in [4.78, 5) is 28.1. The van der Waals surface area contributed by atoms with Crippen LogP contribution < -0.4 is 9.64 Å². The third-order valence-corrected chi connectivity index (χ3v) is 6.05. The third kappa shape index (κ3) is 5.29. The van der Waals surface area contributed by atoms with E-state index >= 15 is 0 Å². The normalized spacial score (nSPS) is 17.1. The van der Waals surface area contributed by atoms with Crippen LogP contribution in [0.3, 0.4) is 0 Å². The minimum Gasteiger partial charge on any atom is -0.462 e. The molecule has 9 heteroatoms. The largest absolute Gasteiger partial charge is 0.462 e. The first-order valence-corrected chi connectivity index (χ1v) is 11.3. The van der Waals surface area contributed by atoms with Gasteiger partial charge in [0.2, 0.25) is 5.95 Å². The van der Waals surface area contributed by atoms with Crippen molar-refractivity contribution in [3.05, 3.63) is 59.2 Å². The Morgan fingerprint density at radius 2 is 1.77 bits per heavy atom. The number of aromatic nitrogens is 2. The van der Waals surface area contributed by atoms with Gasteiger partial charge in [0.05, 0.1) is 17.1 Å². The second kappa shape index (κ2) is 10.3. The maximum absolute atomic E-state index is 13.1. The van der Waals surface area contributed by atoms with Crippen LogP contribution in [0.25, 0.3) is 0 Å². The van der Waals surface area contributed by atoms with Crippen LogP contribution in [0.1, 0.15) is 23.2 Å². The number of benzene rings is 1. The van der Waals surface area contributed by atoms with Crippen LogP contribution in [-0.2, 0) is 0 Å². The lowest BCUT2D eigenvalue weighted by Gasteiger charge is -2.34. The van der Waals surface area contributed by atoms with Crippen molar-refractivity contribution >= 4 is 35.1 Å². The van der Waals surface area contributed by atoms with Crippen molar-refractivity contribution in [2.45, 2.75) is 12.8 Å². The van der Waals surface area contributed by atoms with Crippen LogP contribution in [0.5, 0.6) is 5.75 Å². The zero-order chi connectivity index (χ0) is 21.6. The monoisotopic (exact) mass is 461 g/mol. The highest BCUT2D eigenvalue weighted by atomic mass is 35.5. The zero-order valence-electron chi connectivity index (χ0n) is 17.2. The number of hydrogen-bond acceptors (Lipinski definition) is 6. The topological polar surface area (TPSA) is 61.8 Å². The molecular formula is C22H25Cl2N5O2. The van der Waals surface area contributed by atoms with E-state index in [2.05, 4.69) is 19.8 Å². The minimum absolute atomic E-state index is 0.104. The van der Waals surface area contributed by atoms with E-state index in [4.69, 9.17) is 27.9 Å². The van der Waals surface area contributed by atoms with E-state index in [1.165, 1.54) is 0 Å². The number of ether oxygens (including phenoxy) is 1. The number of carbonyl (C=O) groups excluding carboxylic acids is 1. The fourth-order valence-corrected chi connectivity index (χ4v) is 4.19. The molecule has 4 rings (SSSR count). The van der Waals surface area contributed by atoms with E-state index in [0.717, 1.165) is 51.5 Å². The molecule has 0 saturated carbocycles. The van der Waals surface area contributed by atoms with Gasteiger partial charge >= 0.3 is 0 Å². The summed E-state index contributed by atoms with van der Waals surface area (Å²) >= 11 is 12.1. The van der Waals surface area contributed by atoms with Crippen molar-refractivity contribution in [1.82, 2.24) is 19.8 Å². The van der Waals surface area contributed by atoms with Gasteiger partial charge in [-0.25, -0.2) is 9.97 Å². The van der Waals surface area contributed by atoms with Gasteiger partial charge in [-0.1, -0.05) is 11.6 Å². The van der Waals surface area contributed by atoms with Crippen LogP contribution in [0.15, 0.2) is 48.6 Å². The van der Waals surface area contributed by atoms with Crippen LogP contribution in [0.2, 0.25) is 5.02 Å².